The van der Waals surface area contributed by atoms with Crippen LogP contribution in [0.25, 0.3) is 0 Å². The zero-order valence-corrected chi connectivity index (χ0v) is 6.86. The van der Waals surface area contributed by atoms with Crippen LogP contribution in [0.4, 0.5) is 11.6 Å². The molecule has 1 aromatic heterocycles. The summed E-state index contributed by atoms with van der Waals surface area (Å²) in [5.41, 5.74) is 5.42. The van der Waals surface area contributed by atoms with Crippen LogP contribution in [0.1, 0.15) is 6.92 Å². The number of nitrogens with zero attached hydrogens (tertiary/aromatic N) is 2. The van der Waals surface area contributed by atoms with Crippen molar-refractivity contribution in [2.24, 2.45) is 0 Å². The van der Waals surface area contributed by atoms with E-state index in [9.17, 15) is 0 Å². The van der Waals surface area contributed by atoms with Crippen molar-refractivity contribution >= 4 is 11.6 Å². The van der Waals surface area contributed by atoms with Gasteiger partial charge in [-0.25, -0.2) is 9.97 Å². The fourth-order valence-corrected chi connectivity index (χ4v) is 0.749. The number of nitrogen functional groups attached to an aromatic ring is 1. The zero-order valence-electron chi connectivity index (χ0n) is 6.86. The minimum absolute atomic E-state index is 0.0284. The summed E-state index contributed by atoms with van der Waals surface area (Å²) in [5.74, 6) is 1.04. The van der Waals surface area contributed by atoms with Gasteiger partial charge in [-0.2, -0.15) is 0 Å². The fourth-order valence-electron chi connectivity index (χ4n) is 0.749. The Morgan fingerprint density at radius 2 is 2.42 bits per heavy atom. The number of aromatic nitrogens is 2. The van der Waals surface area contributed by atoms with E-state index in [2.05, 4.69) is 15.3 Å². The van der Waals surface area contributed by atoms with Crippen LogP contribution in [0.3, 0.4) is 0 Å². The molecular formula is C7H12N4O. The van der Waals surface area contributed by atoms with E-state index in [1.165, 1.54) is 6.33 Å². The van der Waals surface area contributed by atoms with E-state index in [-0.39, 0.29) is 12.6 Å². The minimum atomic E-state index is -0.0284. The van der Waals surface area contributed by atoms with Gasteiger partial charge in [-0.1, -0.05) is 0 Å². The third-order valence-electron chi connectivity index (χ3n) is 1.36. The predicted octanol–water partition coefficient (Wildman–Crippen LogP) is -0.149. The van der Waals surface area contributed by atoms with Gasteiger partial charge in [0.15, 0.2) is 0 Å². The van der Waals surface area contributed by atoms with Crippen LogP contribution < -0.4 is 11.1 Å². The van der Waals surface area contributed by atoms with Gasteiger partial charge in [0.2, 0.25) is 0 Å². The van der Waals surface area contributed by atoms with Crippen LogP contribution >= 0.6 is 0 Å². The molecule has 0 aliphatic heterocycles. The van der Waals surface area contributed by atoms with Gasteiger partial charge in [0.1, 0.15) is 18.0 Å². The number of hydrogen-bond acceptors (Lipinski definition) is 5. The van der Waals surface area contributed by atoms with Crippen molar-refractivity contribution in [1.82, 2.24) is 9.97 Å². The summed E-state index contributed by atoms with van der Waals surface area (Å²) in [6.45, 7) is 1.90. The van der Waals surface area contributed by atoms with E-state index in [1.54, 1.807) is 6.07 Å². The molecule has 0 unspecified atom stereocenters. The van der Waals surface area contributed by atoms with Crippen LogP contribution in [0.15, 0.2) is 12.4 Å². The lowest BCUT2D eigenvalue weighted by atomic mass is 10.3. The average molecular weight is 168 g/mol. The Balaban J connectivity index is 2.63. The summed E-state index contributed by atoms with van der Waals surface area (Å²) in [4.78, 5) is 7.65. The molecule has 0 radical (unpaired) electrons. The van der Waals surface area contributed by atoms with Gasteiger partial charge in [-0.05, 0) is 6.92 Å². The third kappa shape index (κ3) is 2.35. The summed E-state index contributed by atoms with van der Waals surface area (Å²) in [5, 5.41) is 11.7. The van der Waals surface area contributed by atoms with Gasteiger partial charge >= 0.3 is 0 Å². The Kier molecular flexibility index (Phi) is 2.82. The van der Waals surface area contributed by atoms with Crippen LogP contribution in [-0.2, 0) is 0 Å². The highest BCUT2D eigenvalue weighted by Crippen LogP contribution is 2.05. The van der Waals surface area contributed by atoms with Crippen molar-refractivity contribution in [3.63, 3.8) is 0 Å². The molecule has 0 aromatic carbocycles. The van der Waals surface area contributed by atoms with E-state index in [0.717, 1.165) is 0 Å². The first-order valence-electron chi connectivity index (χ1n) is 3.67. The second-order valence-electron chi connectivity index (χ2n) is 2.56. The molecule has 0 amide bonds. The van der Waals surface area contributed by atoms with Gasteiger partial charge < -0.3 is 16.2 Å². The molecule has 0 aliphatic carbocycles. The van der Waals surface area contributed by atoms with Crippen LogP contribution in [-0.4, -0.2) is 27.7 Å². The Labute approximate surface area is 70.6 Å². The highest BCUT2D eigenvalue weighted by molar-refractivity contribution is 5.43. The van der Waals surface area contributed by atoms with Crippen molar-refractivity contribution in [2.45, 2.75) is 13.0 Å². The third-order valence-corrected chi connectivity index (χ3v) is 1.36. The van der Waals surface area contributed by atoms with Crippen molar-refractivity contribution in [1.29, 1.82) is 0 Å². The Morgan fingerprint density at radius 1 is 1.67 bits per heavy atom. The molecule has 66 valence electrons. The first-order chi connectivity index (χ1) is 5.72. The maximum Gasteiger partial charge on any atom is 0.131 e. The molecule has 1 rings (SSSR count). The first kappa shape index (κ1) is 8.73. The topological polar surface area (TPSA) is 84.1 Å². The van der Waals surface area contributed by atoms with E-state index in [4.69, 9.17) is 10.8 Å². The highest BCUT2D eigenvalue weighted by Gasteiger charge is 2.00. The van der Waals surface area contributed by atoms with Gasteiger partial charge in [0, 0.05) is 12.1 Å². The Morgan fingerprint density at radius 3 is 3.00 bits per heavy atom. The molecule has 1 atom stereocenters. The van der Waals surface area contributed by atoms with Gasteiger partial charge in [-0.3, -0.25) is 0 Å². The molecule has 0 aliphatic rings. The molecule has 5 nitrogen and oxygen atoms in total. The van der Waals surface area contributed by atoms with Crippen molar-refractivity contribution in [3.8, 4) is 0 Å². The van der Waals surface area contributed by atoms with E-state index in [1.807, 2.05) is 6.92 Å². The average Bonchev–Trinajstić information content (AvgIpc) is 2.04. The number of aliphatic hydroxyl groups is 1. The lowest BCUT2D eigenvalue weighted by Gasteiger charge is -2.10. The summed E-state index contributed by atoms with van der Waals surface area (Å²) >= 11 is 0. The number of hydrogen-bond donors (Lipinski definition) is 3. The van der Waals surface area contributed by atoms with Gasteiger partial charge in [0.05, 0.1) is 6.61 Å². The van der Waals surface area contributed by atoms with Gasteiger partial charge in [0.25, 0.3) is 0 Å². The molecule has 0 saturated carbocycles. The normalized spacial score (nSPS) is 12.5. The number of aliphatic hydroxyl groups excluding tert-OH is 1. The van der Waals surface area contributed by atoms with Crippen molar-refractivity contribution in [2.75, 3.05) is 17.7 Å². The van der Waals surface area contributed by atoms with Crippen LogP contribution in [0.5, 0.6) is 0 Å². The molecule has 0 saturated heterocycles. The maximum absolute atomic E-state index is 8.73. The molecule has 12 heavy (non-hydrogen) atoms. The SMILES string of the molecule is C[C@H](CO)Nc1cc(N)ncn1. The molecule has 4 N–H and O–H groups in total. The van der Waals surface area contributed by atoms with Crippen molar-refractivity contribution < 1.29 is 5.11 Å². The molecule has 1 aromatic rings. The zero-order chi connectivity index (χ0) is 8.97. The molecule has 0 bridgehead atoms. The van der Waals surface area contributed by atoms with E-state index < -0.39 is 0 Å². The summed E-state index contributed by atoms with van der Waals surface area (Å²) in [7, 11) is 0. The number of anilines is 2. The Hall–Kier alpha value is -1.36. The first-order valence-corrected chi connectivity index (χ1v) is 3.67. The Bertz CT molecular complexity index is 253. The number of nitrogens with two attached hydrogens (primary N) is 1. The molecule has 0 spiro atoms. The predicted molar refractivity (Wildman–Crippen MR) is 46.6 cm³/mol. The standard InChI is InChI=1S/C7H12N4O/c1-5(3-12)11-7-2-6(8)9-4-10-7/h2,4-5,12H,3H2,1H3,(H3,8,9,10,11)/t5-/m1/s1. The monoisotopic (exact) mass is 168 g/mol. The largest absolute Gasteiger partial charge is 0.394 e. The second-order valence-corrected chi connectivity index (χ2v) is 2.56. The maximum atomic E-state index is 8.73. The second kappa shape index (κ2) is 3.87. The van der Waals surface area contributed by atoms with Gasteiger partial charge in [-0.15, -0.1) is 0 Å². The quantitative estimate of drug-likeness (QED) is 0.584. The van der Waals surface area contributed by atoms with E-state index in [0.29, 0.717) is 11.6 Å². The minimum Gasteiger partial charge on any atom is -0.394 e. The lowest BCUT2D eigenvalue weighted by molar-refractivity contribution is 0.281. The summed E-state index contributed by atoms with van der Waals surface area (Å²) in [6.07, 6.45) is 1.38. The molecular weight excluding hydrogens is 156 g/mol. The van der Waals surface area contributed by atoms with Crippen LogP contribution in [0, 0.1) is 0 Å². The molecule has 1 heterocycles. The van der Waals surface area contributed by atoms with Crippen LogP contribution in [0.2, 0.25) is 0 Å². The van der Waals surface area contributed by atoms with Crippen molar-refractivity contribution in [3.05, 3.63) is 12.4 Å². The lowest BCUT2D eigenvalue weighted by Crippen LogP contribution is -2.20. The smallest absolute Gasteiger partial charge is 0.131 e. The fraction of sp³-hybridized carbons (Fsp3) is 0.429. The molecule has 5 heteroatoms. The number of nitrogens with one attached hydrogen (secondary N) is 1. The summed E-state index contributed by atoms with van der Waals surface area (Å²) < 4.78 is 0. The van der Waals surface area contributed by atoms with E-state index >= 15 is 0 Å². The highest BCUT2D eigenvalue weighted by atomic mass is 16.3. The summed E-state index contributed by atoms with van der Waals surface area (Å²) in [6, 6.07) is 1.59. The molecule has 0 fully saturated rings. The number of rotatable bonds is 3.